The maximum atomic E-state index is 12.7. The van der Waals surface area contributed by atoms with Crippen molar-refractivity contribution in [1.29, 1.82) is 0 Å². The van der Waals surface area contributed by atoms with E-state index < -0.39 is 0 Å². The lowest BCUT2D eigenvalue weighted by Crippen LogP contribution is -2.26. The number of hydrogen-bond donors (Lipinski definition) is 2. The van der Waals surface area contributed by atoms with E-state index in [9.17, 15) is 4.79 Å². The van der Waals surface area contributed by atoms with Crippen molar-refractivity contribution in [2.24, 2.45) is 0 Å². The molecule has 0 saturated heterocycles. The number of pyridine rings is 1. The first-order valence-corrected chi connectivity index (χ1v) is 8.79. The molecular formula is C21H19N5O. The maximum Gasteiger partial charge on any atom is 0.253 e. The average Bonchev–Trinajstić information content (AvgIpc) is 3.12. The zero-order chi connectivity index (χ0) is 18.5. The lowest BCUT2D eigenvalue weighted by molar-refractivity contribution is 0.0955. The van der Waals surface area contributed by atoms with Crippen molar-refractivity contribution in [3.63, 3.8) is 0 Å². The summed E-state index contributed by atoms with van der Waals surface area (Å²) in [5.41, 5.74) is 3.12. The zero-order valence-electron chi connectivity index (χ0n) is 14.7. The minimum absolute atomic E-state index is 0.122. The summed E-state index contributed by atoms with van der Waals surface area (Å²) in [5, 5.41) is 14.6. The molecule has 27 heavy (non-hydrogen) atoms. The van der Waals surface area contributed by atoms with Gasteiger partial charge in [0.15, 0.2) is 5.65 Å². The highest BCUT2D eigenvalue weighted by Crippen LogP contribution is 2.20. The van der Waals surface area contributed by atoms with Gasteiger partial charge in [-0.3, -0.25) is 9.20 Å². The van der Waals surface area contributed by atoms with Crippen LogP contribution in [0, 0.1) is 0 Å². The third-order valence-electron chi connectivity index (χ3n) is 4.24. The van der Waals surface area contributed by atoms with Gasteiger partial charge in [0, 0.05) is 24.8 Å². The molecule has 2 aromatic carbocycles. The van der Waals surface area contributed by atoms with Crippen molar-refractivity contribution in [2.75, 3.05) is 11.9 Å². The second-order valence-electron chi connectivity index (χ2n) is 6.09. The van der Waals surface area contributed by atoms with Crippen molar-refractivity contribution in [3.8, 4) is 0 Å². The third kappa shape index (κ3) is 3.79. The topological polar surface area (TPSA) is 71.3 Å². The highest BCUT2D eigenvalue weighted by Gasteiger charge is 2.11. The fraction of sp³-hybridized carbons (Fsp3) is 0.0952. The molecule has 6 nitrogen and oxygen atoms in total. The first-order valence-electron chi connectivity index (χ1n) is 8.79. The Bertz CT molecular complexity index is 1060. The number of carbonyl (C=O) groups excluding carboxylic acids is 1. The fourth-order valence-electron chi connectivity index (χ4n) is 2.91. The molecule has 0 unspecified atom stereocenters. The molecule has 2 heterocycles. The third-order valence-corrected chi connectivity index (χ3v) is 4.24. The highest BCUT2D eigenvalue weighted by molar-refractivity contribution is 6.00. The van der Waals surface area contributed by atoms with Gasteiger partial charge in [-0.15, -0.1) is 10.2 Å². The Morgan fingerprint density at radius 2 is 1.67 bits per heavy atom. The Balaban J connectivity index is 1.43. The molecule has 0 atom stereocenters. The van der Waals surface area contributed by atoms with Crippen LogP contribution in [0.15, 0.2) is 79.0 Å². The van der Waals surface area contributed by atoms with E-state index in [1.165, 1.54) is 0 Å². The molecule has 0 aliphatic carbocycles. The summed E-state index contributed by atoms with van der Waals surface area (Å²) in [4.78, 5) is 12.7. The predicted molar refractivity (Wildman–Crippen MR) is 105 cm³/mol. The maximum absolute atomic E-state index is 12.7. The van der Waals surface area contributed by atoms with Gasteiger partial charge in [0.2, 0.25) is 0 Å². The summed E-state index contributed by atoms with van der Waals surface area (Å²) >= 11 is 0. The van der Waals surface area contributed by atoms with E-state index in [0.29, 0.717) is 18.5 Å². The second kappa shape index (κ2) is 7.70. The van der Waals surface area contributed by atoms with E-state index in [2.05, 4.69) is 20.8 Å². The number of nitrogens with zero attached hydrogens (tertiary/aromatic N) is 3. The van der Waals surface area contributed by atoms with E-state index >= 15 is 0 Å². The number of para-hydroxylation sites is 2. The van der Waals surface area contributed by atoms with Gasteiger partial charge in [-0.2, -0.15) is 0 Å². The Labute approximate surface area is 156 Å². The van der Waals surface area contributed by atoms with Crippen molar-refractivity contribution in [3.05, 3.63) is 90.4 Å². The molecule has 0 bridgehead atoms. The van der Waals surface area contributed by atoms with Gasteiger partial charge in [0.05, 0.1) is 11.3 Å². The number of nitrogens with one attached hydrogen (secondary N) is 2. The molecule has 0 radical (unpaired) electrons. The van der Waals surface area contributed by atoms with Crippen molar-refractivity contribution in [2.45, 2.75) is 6.42 Å². The SMILES string of the molecule is O=C(NCCc1nnc2ccccn12)c1ccccc1Nc1ccccc1. The van der Waals surface area contributed by atoms with Gasteiger partial charge >= 0.3 is 0 Å². The van der Waals surface area contributed by atoms with Crippen LogP contribution in [0.5, 0.6) is 0 Å². The molecule has 0 fully saturated rings. The number of amides is 1. The number of aromatic nitrogens is 3. The quantitative estimate of drug-likeness (QED) is 0.554. The number of anilines is 2. The lowest BCUT2D eigenvalue weighted by atomic mass is 10.1. The molecule has 0 spiro atoms. The summed E-state index contributed by atoms with van der Waals surface area (Å²) in [5.74, 6) is 0.699. The molecule has 2 aromatic heterocycles. The molecule has 0 aliphatic rings. The van der Waals surface area contributed by atoms with E-state index in [4.69, 9.17) is 0 Å². The molecule has 0 aliphatic heterocycles. The Kier molecular flexibility index (Phi) is 4.78. The van der Waals surface area contributed by atoms with E-state index in [-0.39, 0.29) is 5.91 Å². The largest absolute Gasteiger partial charge is 0.355 e. The van der Waals surface area contributed by atoms with Gasteiger partial charge in [-0.25, -0.2) is 0 Å². The highest BCUT2D eigenvalue weighted by atomic mass is 16.1. The van der Waals surface area contributed by atoms with Crippen LogP contribution in [0.25, 0.3) is 5.65 Å². The average molecular weight is 357 g/mol. The standard InChI is InChI=1S/C21H19N5O/c27-21(22-14-13-20-25-24-19-12-6-7-15-26(19)20)17-10-4-5-11-18(17)23-16-8-2-1-3-9-16/h1-12,15,23H,13-14H2,(H,22,27). The summed E-state index contributed by atoms with van der Waals surface area (Å²) in [7, 11) is 0. The Morgan fingerprint density at radius 1 is 0.889 bits per heavy atom. The second-order valence-corrected chi connectivity index (χ2v) is 6.09. The van der Waals surface area contributed by atoms with Crippen LogP contribution in [0.1, 0.15) is 16.2 Å². The van der Waals surface area contributed by atoms with E-state index in [1.54, 1.807) is 0 Å². The van der Waals surface area contributed by atoms with Crippen LogP contribution in [-0.4, -0.2) is 27.0 Å². The summed E-state index contributed by atoms with van der Waals surface area (Å²) < 4.78 is 1.93. The molecule has 0 saturated carbocycles. The predicted octanol–water partition coefficient (Wildman–Crippen LogP) is 3.45. The summed E-state index contributed by atoms with van der Waals surface area (Å²) in [6.07, 6.45) is 2.52. The molecule has 4 rings (SSSR count). The van der Waals surface area contributed by atoms with Gasteiger partial charge in [-0.1, -0.05) is 36.4 Å². The fourth-order valence-corrected chi connectivity index (χ4v) is 2.91. The lowest BCUT2D eigenvalue weighted by Gasteiger charge is -2.12. The van der Waals surface area contributed by atoms with Crippen molar-refractivity contribution < 1.29 is 4.79 Å². The van der Waals surface area contributed by atoms with Crippen molar-refractivity contribution >= 4 is 22.9 Å². The van der Waals surface area contributed by atoms with E-state index in [1.807, 2.05) is 83.4 Å². The minimum Gasteiger partial charge on any atom is -0.355 e. The number of fused-ring (bicyclic) bond motifs is 1. The molecular weight excluding hydrogens is 338 g/mol. The van der Waals surface area contributed by atoms with Crippen LogP contribution in [0.2, 0.25) is 0 Å². The number of hydrogen-bond acceptors (Lipinski definition) is 4. The van der Waals surface area contributed by atoms with Crippen LogP contribution in [0.3, 0.4) is 0 Å². The van der Waals surface area contributed by atoms with Crippen molar-refractivity contribution in [1.82, 2.24) is 19.9 Å². The van der Waals surface area contributed by atoms with E-state index in [0.717, 1.165) is 22.8 Å². The number of benzene rings is 2. The smallest absolute Gasteiger partial charge is 0.253 e. The van der Waals surface area contributed by atoms with Crippen LogP contribution in [-0.2, 0) is 6.42 Å². The van der Waals surface area contributed by atoms with Gasteiger partial charge in [-0.05, 0) is 36.4 Å². The molecule has 1 amide bonds. The van der Waals surface area contributed by atoms with Crippen LogP contribution < -0.4 is 10.6 Å². The zero-order valence-corrected chi connectivity index (χ0v) is 14.7. The Morgan fingerprint density at radius 3 is 2.56 bits per heavy atom. The molecule has 6 heteroatoms. The Hall–Kier alpha value is -3.67. The first kappa shape index (κ1) is 16.8. The van der Waals surface area contributed by atoms with Gasteiger partial charge in [0.1, 0.15) is 5.82 Å². The summed E-state index contributed by atoms with van der Waals surface area (Å²) in [6, 6.07) is 23.0. The molecule has 134 valence electrons. The van der Waals surface area contributed by atoms with Gasteiger partial charge < -0.3 is 10.6 Å². The number of carbonyl (C=O) groups is 1. The summed E-state index contributed by atoms with van der Waals surface area (Å²) in [6.45, 7) is 0.480. The monoisotopic (exact) mass is 357 g/mol. The van der Waals surface area contributed by atoms with Crippen LogP contribution in [0.4, 0.5) is 11.4 Å². The van der Waals surface area contributed by atoms with Crippen LogP contribution >= 0.6 is 0 Å². The van der Waals surface area contributed by atoms with Gasteiger partial charge in [0.25, 0.3) is 5.91 Å². The molecule has 2 N–H and O–H groups in total. The minimum atomic E-state index is -0.122. The first-order chi connectivity index (χ1) is 13.3. The number of rotatable bonds is 6. The molecule has 4 aromatic rings. The normalized spacial score (nSPS) is 10.7.